The van der Waals surface area contributed by atoms with Gasteiger partial charge in [-0.25, -0.2) is 14.4 Å². The average Bonchev–Trinajstić information content (AvgIpc) is 3.09. The smallest absolute Gasteiger partial charge is 0.340 e. The molecule has 0 spiro atoms. The van der Waals surface area contributed by atoms with Crippen LogP contribution in [0.15, 0.2) is 36.4 Å². The first kappa shape index (κ1) is 42.0. The molecular weight excluding hydrogens is 730 g/mol. The minimum atomic E-state index is -2.19. The lowest BCUT2D eigenvalue weighted by atomic mass is 9.98. The van der Waals surface area contributed by atoms with Crippen LogP contribution in [-0.4, -0.2) is 129 Å². The van der Waals surface area contributed by atoms with E-state index in [2.05, 4.69) is 0 Å². The average molecular weight is 768 g/mol. The maximum absolute atomic E-state index is 12.8. The minimum Gasteiger partial charge on any atom is -0.504 e. The largest absolute Gasteiger partial charge is 0.504 e. The number of benzene rings is 3. The van der Waals surface area contributed by atoms with E-state index in [1.165, 1.54) is 0 Å². The maximum atomic E-state index is 12.8. The van der Waals surface area contributed by atoms with Crippen LogP contribution < -0.4 is 5.73 Å². The summed E-state index contributed by atoms with van der Waals surface area (Å²) in [4.78, 5) is 48.2. The van der Waals surface area contributed by atoms with Crippen LogP contribution in [0.3, 0.4) is 0 Å². The number of phenolic OH excluding ortho intramolecular Hbond substituents is 9. The number of rotatable bonds is 10. The Kier molecular flexibility index (Phi) is 13.5. The molecule has 0 amide bonds. The van der Waals surface area contributed by atoms with E-state index < -0.39 is 136 Å². The molecule has 0 radical (unpaired) electrons. The molecule has 4 rings (SSSR count). The van der Waals surface area contributed by atoms with Gasteiger partial charge in [0.25, 0.3) is 0 Å². The molecule has 6 atom stereocenters. The Morgan fingerprint density at radius 1 is 0.648 bits per heavy atom. The van der Waals surface area contributed by atoms with Crippen LogP contribution >= 0.6 is 0 Å². The zero-order valence-electron chi connectivity index (χ0n) is 28.1. The Morgan fingerprint density at radius 3 is 1.37 bits per heavy atom. The number of hydrogen-bond acceptors (Lipinski definition) is 20. The number of ether oxygens (including phenoxy) is 4. The van der Waals surface area contributed by atoms with E-state index in [0.717, 1.165) is 12.1 Å². The van der Waals surface area contributed by atoms with Crippen molar-refractivity contribution in [2.75, 3.05) is 6.61 Å². The first-order valence-electron chi connectivity index (χ1n) is 15.5. The standard InChI is InChI=1S/C27H24O18.C6H13NO2/c28-11-1-8(2-12(29)18(11)34)24(39)42-7-17-21(37)23(44-25(40)9-3-13(30)19(35)14(31)4-9)22(38)27(43-17)45-26(41)10-5-15(32)20(36)16(33)6-10;1-4(2)3-5(7)6(8)9/h1-6,17,21-23,27-38H,7H2;4-5H,3,7H2,1-2H3,(H,8,9)/t17-,21-,22-,23+,27+;/m1./s1. The molecule has 294 valence electrons. The van der Waals surface area contributed by atoms with E-state index in [1.54, 1.807) is 0 Å². The lowest BCUT2D eigenvalue weighted by Gasteiger charge is -2.41. The van der Waals surface area contributed by atoms with Gasteiger partial charge in [-0.3, -0.25) is 4.79 Å². The number of carbonyl (C=O) groups excluding carboxylic acids is 3. The second-order valence-corrected chi connectivity index (χ2v) is 12.1. The topological polar surface area (TPSA) is 374 Å². The molecule has 3 aromatic rings. The maximum Gasteiger partial charge on any atom is 0.340 e. The van der Waals surface area contributed by atoms with Gasteiger partial charge in [-0.2, -0.15) is 0 Å². The van der Waals surface area contributed by atoms with E-state index in [1.807, 2.05) is 13.8 Å². The van der Waals surface area contributed by atoms with Crippen molar-refractivity contribution in [2.24, 2.45) is 11.7 Å². The number of esters is 3. The van der Waals surface area contributed by atoms with Gasteiger partial charge in [-0.15, -0.1) is 0 Å². The van der Waals surface area contributed by atoms with Gasteiger partial charge in [0.15, 0.2) is 64.0 Å². The summed E-state index contributed by atoms with van der Waals surface area (Å²) in [5.74, 6) is -12.9. The molecule has 21 heteroatoms. The molecule has 21 nitrogen and oxygen atoms in total. The van der Waals surface area contributed by atoms with E-state index >= 15 is 0 Å². The van der Waals surface area contributed by atoms with Crippen molar-refractivity contribution in [1.82, 2.24) is 0 Å². The third-order valence-electron chi connectivity index (χ3n) is 7.45. The number of phenols is 9. The molecule has 0 aromatic heterocycles. The van der Waals surface area contributed by atoms with Crippen molar-refractivity contribution >= 4 is 23.9 Å². The highest BCUT2D eigenvalue weighted by Gasteiger charge is 2.49. The second kappa shape index (κ2) is 17.4. The molecule has 0 bridgehead atoms. The third kappa shape index (κ3) is 10.1. The van der Waals surface area contributed by atoms with Gasteiger partial charge in [0.2, 0.25) is 6.29 Å². The summed E-state index contributed by atoms with van der Waals surface area (Å²) in [5, 5.41) is 117. The third-order valence-corrected chi connectivity index (χ3v) is 7.45. The Balaban J connectivity index is 0.000000772. The number of aliphatic hydroxyl groups is 2. The molecular formula is C33H37NO20. The van der Waals surface area contributed by atoms with Gasteiger partial charge < -0.3 is 86.0 Å². The zero-order chi connectivity index (χ0) is 40.8. The van der Waals surface area contributed by atoms with E-state index in [0.29, 0.717) is 36.6 Å². The molecule has 0 aliphatic carbocycles. The number of aliphatic carboxylic acids is 1. The van der Waals surface area contributed by atoms with Crippen molar-refractivity contribution in [1.29, 1.82) is 0 Å². The first-order valence-corrected chi connectivity index (χ1v) is 15.5. The fraction of sp³-hybridized carbons (Fsp3) is 0.333. The summed E-state index contributed by atoms with van der Waals surface area (Å²) in [6.07, 6.45) is -9.61. The fourth-order valence-electron chi connectivity index (χ4n) is 4.66. The van der Waals surface area contributed by atoms with Crippen molar-refractivity contribution in [2.45, 2.75) is 57.0 Å². The Hall–Kier alpha value is -6.42. The quantitative estimate of drug-likeness (QED) is 0.0742. The first-order chi connectivity index (χ1) is 25.1. The molecule has 1 aliphatic rings. The summed E-state index contributed by atoms with van der Waals surface area (Å²) in [6, 6.07) is 3.51. The molecule has 0 saturated carbocycles. The molecule has 1 unspecified atom stereocenters. The zero-order valence-corrected chi connectivity index (χ0v) is 28.1. The van der Waals surface area contributed by atoms with Crippen LogP contribution in [0.4, 0.5) is 0 Å². The molecule has 54 heavy (non-hydrogen) atoms. The molecule has 1 saturated heterocycles. The highest BCUT2D eigenvalue weighted by Crippen LogP contribution is 2.38. The Bertz CT molecular complexity index is 1810. The lowest BCUT2D eigenvalue weighted by molar-refractivity contribution is -0.284. The molecule has 14 N–H and O–H groups in total. The van der Waals surface area contributed by atoms with Gasteiger partial charge in [0.05, 0.1) is 16.7 Å². The highest BCUT2D eigenvalue weighted by molar-refractivity contribution is 5.92. The highest BCUT2D eigenvalue weighted by atomic mass is 16.7. The van der Waals surface area contributed by atoms with Crippen LogP contribution in [-0.2, 0) is 23.7 Å². The van der Waals surface area contributed by atoms with Gasteiger partial charge in [-0.05, 0) is 48.7 Å². The predicted octanol–water partition coefficient (Wildman–Crippen LogP) is 0.168. The summed E-state index contributed by atoms with van der Waals surface area (Å²) in [5.41, 5.74) is 3.60. The molecule has 1 fully saturated rings. The number of aliphatic hydroxyl groups excluding tert-OH is 2. The number of hydrogen-bond donors (Lipinski definition) is 13. The van der Waals surface area contributed by atoms with Gasteiger partial charge in [0, 0.05) is 0 Å². The Morgan fingerprint density at radius 2 is 1.02 bits per heavy atom. The SMILES string of the molecule is CC(C)CC(N)C(=O)O.O=C(OC[C@H]1O[C@@H](OC(=O)c2cc(O)c(O)c(O)c2)[C@H](O)[C@@H](OC(=O)c2cc(O)c(O)c(O)c2)[C@@H]1O)c1cc(O)c(O)c(O)c1. The molecule has 3 aromatic carbocycles. The predicted molar refractivity (Wildman–Crippen MR) is 175 cm³/mol. The van der Waals surface area contributed by atoms with Crippen LogP contribution in [0.25, 0.3) is 0 Å². The van der Waals surface area contributed by atoms with Gasteiger partial charge >= 0.3 is 23.9 Å². The second-order valence-electron chi connectivity index (χ2n) is 12.1. The number of aromatic hydroxyl groups is 9. The van der Waals surface area contributed by atoms with Crippen LogP contribution in [0, 0.1) is 5.92 Å². The normalized spacial score (nSPS) is 19.9. The number of nitrogens with two attached hydrogens (primary N) is 1. The van der Waals surface area contributed by atoms with Crippen molar-refractivity contribution < 1.29 is 99.4 Å². The van der Waals surface area contributed by atoms with E-state index in [4.69, 9.17) is 29.8 Å². The van der Waals surface area contributed by atoms with Gasteiger partial charge in [-0.1, -0.05) is 13.8 Å². The van der Waals surface area contributed by atoms with E-state index in [9.17, 15) is 75.3 Å². The Labute approximate surface area is 303 Å². The summed E-state index contributed by atoms with van der Waals surface area (Å²) < 4.78 is 20.6. The minimum absolute atomic E-state index is 0.357. The number of carbonyl (C=O) groups is 4. The van der Waals surface area contributed by atoms with Crippen molar-refractivity contribution in [3.05, 3.63) is 53.1 Å². The monoisotopic (exact) mass is 767 g/mol. The van der Waals surface area contributed by atoms with E-state index in [-0.39, 0.29) is 0 Å². The summed E-state index contributed by atoms with van der Waals surface area (Å²) in [7, 11) is 0. The fourth-order valence-corrected chi connectivity index (χ4v) is 4.66. The number of carboxylic acids is 1. The van der Waals surface area contributed by atoms with Crippen molar-refractivity contribution in [3.63, 3.8) is 0 Å². The van der Waals surface area contributed by atoms with Crippen LogP contribution in [0.2, 0.25) is 0 Å². The molecule has 1 heterocycles. The van der Waals surface area contributed by atoms with Gasteiger partial charge in [0.1, 0.15) is 24.9 Å². The van der Waals surface area contributed by atoms with Crippen LogP contribution in [0.5, 0.6) is 51.7 Å². The number of carboxylic acid groups (broad SMARTS) is 1. The molecule has 1 aliphatic heterocycles. The summed E-state index contributed by atoms with van der Waals surface area (Å²) in [6.45, 7) is 2.98. The lowest BCUT2D eigenvalue weighted by Crippen LogP contribution is -2.61. The van der Waals surface area contributed by atoms with Crippen LogP contribution in [0.1, 0.15) is 51.3 Å². The van der Waals surface area contributed by atoms with Crippen molar-refractivity contribution in [3.8, 4) is 51.7 Å². The summed E-state index contributed by atoms with van der Waals surface area (Å²) >= 11 is 0.